The van der Waals surface area contributed by atoms with Crippen molar-refractivity contribution in [1.82, 2.24) is 0 Å². The van der Waals surface area contributed by atoms with Crippen LogP contribution in [0.25, 0.3) is 0 Å². The van der Waals surface area contributed by atoms with E-state index in [2.05, 4.69) is 13.8 Å². The van der Waals surface area contributed by atoms with Crippen molar-refractivity contribution in [3.05, 3.63) is 50.2 Å². The maximum absolute atomic E-state index is 9.20. The molecule has 2 N–H and O–H groups in total. The fraction of sp³-hybridized carbons (Fsp3) is 0.294. The molecule has 0 aliphatic carbocycles. The molecule has 0 saturated carbocycles. The van der Waals surface area contributed by atoms with E-state index in [-0.39, 0.29) is 61.7 Å². The Bertz CT molecular complexity index is 576. The number of unbranched alkanes of at least 4 members (excludes halogenated alkanes) is 2. The molecule has 12 heteroatoms. The van der Waals surface area contributed by atoms with Crippen LogP contribution in [0.15, 0.2) is 0 Å². The van der Waals surface area contributed by atoms with Gasteiger partial charge in [0.05, 0.1) is 30.1 Å². The Labute approximate surface area is 219 Å². The molecule has 2 rings (SSSR count). The Morgan fingerprint density at radius 3 is 0.724 bits per heavy atom. The molecule has 0 aliphatic heterocycles. The molecule has 0 spiro atoms. The number of aromatic hydroxyl groups is 2. The third kappa shape index (κ3) is 8.09. The highest BCUT2D eigenvalue weighted by Crippen LogP contribution is 2.48. The first-order valence-electron chi connectivity index (χ1n) is 7.75. The van der Waals surface area contributed by atoms with Crippen molar-refractivity contribution >= 4 is 116 Å². The highest BCUT2D eigenvalue weighted by atomic mass is 35.5. The largest absolute Gasteiger partial charge is 0.505 e. The van der Waals surface area contributed by atoms with E-state index in [1.54, 1.807) is 0 Å². The standard InChI is InChI=1S/2C6HCl5O.C5H12/c2*7-1-2(8)4(10)6(12)5(11)3(1)9;1-3-5-4-2/h2*12H;3-5H2,1-2H3. The molecule has 0 amide bonds. The molecule has 164 valence electrons. The van der Waals surface area contributed by atoms with Gasteiger partial charge in [-0.1, -0.05) is 149 Å². The molecular formula is C17H14Cl10O2. The van der Waals surface area contributed by atoms with Crippen molar-refractivity contribution in [2.45, 2.75) is 33.1 Å². The molecule has 0 aromatic heterocycles. The van der Waals surface area contributed by atoms with Gasteiger partial charge >= 0.3 is 0 Å². The second kappa shape index (κ2) is 14.2. The summed E-state index contributed by atoms with van der Waals surface area (Å²) in [4.78, 5) is 0. The molecule has 0 fully saturated rings. The average molecular weight is 605 g/mol. The molecule has 2 nitrogen and oxygen atoms in total. The summed E-state index contributed by atoms with van der Waals surface area (Å²) in [7, 11) is 0. The molecular weight excluding hydrogens is 591 g/mol. The van der Waals surface area contributed by atoms with Gasteiger partial charge in [-0.15, -0.1) is 0 Å². The Morgan fingerprint density at radius 1 is 0.414 bits per heavy atom. The average Bonchev–Trinajstić information content (AvgIpc) is 2.72. The minimum Gasteiger partial charge on any atom is -0.505 e. The SMILES string of the molecule is CCCCC.Oc1c(Cl)c(Cl)c(Cl)c(Cl)c1Cl.Oc1c(Cl)c(Cl)c(Cl)c(Cl)c1Cl. The molecule has 0 unspecified atom stereocenters. The van der Waals surface area contributed by atoms with Crippen molar-refractivity contribution in [1.29, 1.82) is 0 Å². The monoisotopic (exact) mass is 600 g/mol. The van der Waals surface area contributed by atoms with Gasteiger partial charge in [0.25, 0.3) is 0 Å². The van der Waals surface area contributed by atoms with Crippen molar-refractivity contribution in [2.24, 2.45) is 0 Å². The van der Waals surface area contributed by atoms with Gasteiger partial charge in [-0.05, 0) is 0 Å². The number of phenols is 2. The van der Waals surface area contributed by atoms with Gasteiger partial charge in [-0.25, -0.2) is 0 Å². The molecule has 0 aliphatic rings. The summed E-state index contributed by atoms with van der Waals surface area (Å²) in [5.74, 6) is -0.726. The van der Waals surface area contributed by atoms with Gasteiger partial charge in [0.1, 0.15) is 20.1 Å². The van der Waals surface area contributed by atoms with E-state index in [0.717, 1.165) is 0 Å². The highest BCUT2D eigenvalue weighted by molar-refractivity contribution is 6.56. The first kappa shape index (κ1) is 29.9. The molecule has 0 bridgehead atoms. The molecule has 2 aromatic rings. The summed E-state index contributed by atoms with van der Waals surface area (Å²) in [6.07, 6.45) is 4.08. The summed E-state index contributed by atoms with van der Waals surface area (Å²) < 4.78 is 0. The minimum absolute atomic E-state index is 0.00904. The number of rotatable bonds is 2. The summed E-state index contributed by atoms with van der Waals surface area (Å²) >= 11 is 55.8. The highest BCUT2D eigenvalue weighted by Gasteiger charge is 2.19. The number of phenolic OH excluding ortho intramolecular Hbond substituents is 2. The zero-order valence-electron chi connectivity index (χ0n) is 14.8. The smallest absolute Gasteiger partial charge is 0.155 e. The van der Waals surface area contributed by atoms with E-state index in [4.69, 9.17) is 116 Å². The minimum atomic E-state index is -0.363. The molecule has 29 heavy (non-hydrogen) atoms. The number of halogens is 10. The first-order valence-corrected chi connectivity index (χ1v) is 11.5. The van der Waals surface area contributed by atoms with Gasteiger partial charge in [-0.3, -0.25) is 0 Å². The predicted molar refractivity (Wildman–Crippen MR) is 132 cm³/mol. The normalized spacial score (nSPS) is 10.1. The van der Waals surface area contributed by atoms with Gasteiger partial charge in [0.15, 0.2) is 11.5 Å². The van der Waals surface area contributed by atoms with Crippen LogP contribution in [0, 0.1) is 0 Å². The number of benzene rings is 2. The van der Waals surface area contributed by atoms with Crippen LogP contribution < -0.4 is 0 Å². The van der Waals surface area contributed by atoms with E-state index in [1.165, 1.54) is 19.3 Å². The lowest BCUT2D eigenvalue weighted by atomic mass is 10.3. The molecule has 0 saturated heterocycles. The van der Waals surface area contributed by atoms with Crippen LogP contribution in [0.3, 0.4) is 0 Å². The van der Waals surface area contributed by atoms with E-state index in [0.29, 0.717) is 0 Å². The van der Waals surface area contributed by atoms with E-state index in [1.807, 2.05) is 0 Å². The van der Waals surface area contributed by atoms with Crippen LogP contribution in [0.5, 0.6) is 11.5 Å². The van der Waals surface area contributed by atoms with Crippen LogP contribution in [-0.4, -0.2) is 10.2 Å². The van der Waals surface area contributed by atoms with Crippen LogP contribution in [-0.2, 0) is 0 Å². The summed E-state index contributed by atoms with van der Waals surface area (Å²) in [5, 5.41) is 18.0. The van der Waals surface area contributed by atoms with Crippen LogP contribution in [0.1, 0.15) is 33.1 Å². The Morgan fingerprint density at radius 2 is 0.586 bits per heavy atom. The van der Waals surface area contributed by atoms with Crippen LogP contribution in [0.4, 0.5) is 0 Å². The molecule has 0 heterocycles. The Kier molecular flexibility index (Phi) is 14.6. The molecule has 0 atom stereocenters. The topological polar surface area (TPSA) is 40.5 Å². The zero-order valence-corrected chi connectivity index (χ0v) is 22.4. The first-order chi connectivity index (χ1) is 13.3. The van der Waals surface area contributed by atoms with Crippen LogP contribution >= 0.6 is 116 Å². The summed E-state index contributed by atoms with van der Waals surface area (Å²) in [6, 6.07) is 0. The third-order valence-electron chi connectivity index (χ3n) is 3.08. The maximum Gasteiger partial charge on any atom is 0.155 e. The second-order valence-electron chi connectivity index (χ2n) is 5.19. The van der Waals surface area contributed by atoms with E-state index in [9.17, 15) is 10.2 Å². The van der Waals surface area contributed by atoms with E-state index >= 15 is 0 Å². The molecule has 0 radical (unpaired) electrons. The van der Waals surface area contributed by atoms with Crippen LogP contribution in [0.2, 0.25) is 50.2 Å². The van der Waals surface area contributed by atoms with Gasteiger partial charge < -0.3 is 10.2 Å². The lowest BCUT2D eigenvalue weighted by Crippen LogP contribution is -1.78. The van der Waals surface area contributed by atoms with Gasteiger partial charge in [0, 0.05) is 0 Å². The summed E-state index contributed by atoms with van der Waals surface area (Å²) in [6.45, 7) is 4.42. The van der Waals surface area contributed by atoms with Gasteiger partial charge in [0.2, 0.25) is 0 Å². The lowest BCUT2D eigenvalue weighted by Gasteiger charge is -2.06. The van der Waals surface area contributed by atoms with E-state index < -0.39 is 0 Å². The molecule has 2 aromatic carbocycles. The van der Waals surface area contributed by atoms with Crippen molar-refractivity contribution in [3.8, 4) is 11.5 Å². The zero-order chi connectivity index (χ0) is 23.0. The number of hydrogen-bond donors (Lipinski definition) is 2. The lowest BCUT2D eigenvalue weighted by molar-refractivity contribution is 0.475. The maximum atomic E-state index is 9.20. The second-order valence-corrected chi connectivity index (χ2v) is 8.97. The Hall–Kier alpha value is 0.940. The van der Waals surface area contributed by atoms with Crippen molar-refractivity contribution in [3.63, 3.8) is 0 Å². The number of hydrogen-bond acceptors (Lipinski definition) is 2. The third-order valence-corrected chi connectivity index (χ3v) is 7.59. The quantitative estimate of drug-likeness (QED) is 0.264. The summed E-state index contributed by atoms with van der Waals surface area (Å²) in [5.41, 5.74) is 0. The fourth-order valence-electron chi connectivity index (χ4n) is 1.54. The van der Waals surface area contributed by atoms with Crippen molar-refractivity contribution in [2.75, 3.05) is 0 Å². The fourth-order valence-corrected chi connectivity index (χ4v) is 3.80. The van der Waals surface area contributed by atoms with Gasteiger partial charge in [-0.2, -0.15) is 0 Å². The Balaban J connectivity index is 0.000000442. The predicted octanol–water partition coefficient (Wildman–Crippen LogP) is 11.5. The van der Waals surface area contributed by atoms with Crippen molar-refractivity contribution < 1.29 is 10.2 Å².